The molecule has 0 saturated heterocycles. The molecule has 3 aromatic rings. The maximum absolute atomic E-state index is 12.4. The summed E-state index contributed by atoms with van der Waals surface area (Å²) in [6.07, 6.45) is 1.42. The van der Waals surface area contributed by atoms with Crippen LogP contribution < -0.4 is 24.4 Å². The highest BCUT2D eigenvalue weighted by atomic mass is 35.5. The highest BCUT2D eigenvalue weighted by Crippen LogP contribution is 2.29. The van der Waals surface area contributed by atoms with E-state index in [4.69, 9.17) is 30.5 Å². The molecule has 3 rings (SSSR count). The largest absolute Gasteiger partial charge is 0.493 e. The maximum atomic E-state index is 12.4. The Hall–Kier alpha value is -4.04. The van der Waals surface area contributed by atoms with Gasteiger partial charge in [0.1, 0.15) is 0 Å². The minimum absolute atomic E-state index is 0.218. The van der Waals surface area contributed by atoms with Gasteiger partial charge in [0.05, 0.1) is 30.5 Å². The minimum atomic E-state index is -0.608. The number of para-hydroxylation sites is 2. The van der Waals surface area contributed by atoms with Crippen molar-refractivity contribution in [2.75, 3.05) is 20.3 Å². The lowest BCUT2D eigenvalue weighted by Crippen LogP contribution is -2.24. The molecule has 0 unspecified atom stereocenters. The van der Waals surface area contributed by atoms with E-state index in [0.29, 0.717) is 29.4 Å². The Labute approximate surface area is 202 Å². The highest BCUT2D eigenvalue weighted by Gasteiger charge is 2.15. The average molecular weight is 483 g/mol. The first-order chi connectivity index (χ1) is 16.5. The van der Waals surface area contributed by atoms with Crippen LogP contribution in [-0.2, 0) is 4.79 Å². The Morgan fingerprint density at radius 2 is 1.65 bits per heavy atom. The molecule has 0 aliphatic rings. The van der Waals surface area contributed by atoms with E-state index in [1.807, 2.05) is 13.0 Å². The zero-order valence-corrected chi connectivity index (χ0v) is 19.4. The first-order valence-electron chi connectivity index (χ1n) is 10.3. The Bertz CT molecular complexity index is 1180. The Kier molecular flexibility index (Phi) is 8.88. The molecular weight excluding hydrogens is 460 g/mol. The molecule has 8 nitrogen and oxygen atoms in total. The summed E-state index contributed by atoms with van der Waals surface area (Å²) >= 11 is 6.05. The van der Waals surface area contributed by atoms with Crippen molar-refractivity contribution in [1.29, 1.82) is 0 Å². The molecule has 0 radical (unpaired) electrons. The number of halogens is 1. The number of benzene rings is 3. The minimum Gasteiger partial charge on any atom is -0.493 e. The van der Waals surface area contributed by atoms with E-state index in [0.717, 1.165) is 0 Å². The van der Waals surface area contributed by atoms with Crippen LogP contribution in [0.4, 0.5) is 0 Å². The number of hydrogen-bond donors (Lipinski definition) is 1. The van der Waals surface area contributed by atoms with Crippen LogP contribution in [0.5, 0.6) is 23.0 Å². The fraction of sp³-hybridized carbons (Fsp3) is 0.160. The Balaban J connectivity index is 1.57. The fourth-order valence-electron chi connectivity index (χ4n) is 2.83. The van der Waals surface area contributed by atoms with E-state index in [9.17, 15) is 9.59 Å². The lowest BCUT2D eigenvalue weighted by Gasteiger charge is -2.11. The third kappa shape index (κ3) is 6.73. The summed E-state index contributed by atoms with van der Waals surface area (Å²) in [5.74, 6) is 0.503. The molecule has 9 heteroatoms. The van der Waals surface area contributed by atoms with Crippen molar-refractivity contribution in [1.82, 2.24) is 5.43 Å². The van der Waals surface area contributed by atoms with Crippen LogP contribution in [0, 0.1) is 0 Å². The number of esters is 1. The summed E-state index contributed by atoms with van der Waals surface area (Å²) in [5.41, 5.74) is 3.24. The van der Waals surface area contributed by atoms with Gasteiger partial charge in [0, 0.05) is 0 Å². The third-order valence-corrected chi connectivity index (χ3v) is 4.72. The molecular formula is C25H23ClN2O6. The predicted octanol–water partition coefficient (Wildman–Crippen LogP) is 4.50. The van der Waals surface area contributed by atoms with Crippen molar-refractivity contribution < 1.29 is 28.5 Å². The second-order valence-electron chi connectivity index (χ2n) is 6.74. The summed E-state index contributed by atoms with van der Waals surface area (Å²) in [6.45, 7) is 2.11. The predicted molar refractivity (Wildman–Crippen MR) is 128 cm³/mol. The molecule has 0 heterocycles. The van der Waals surface area contributed by atoms with Gasteiger partial charge in [-0.25, -0.2) is 10.2 Å². The van der Waals surface area contributed by atoms with Crippen molar-refractivity contribution in [3.8, 4) is 23.0 Å². The molecule has 0 aliphatic heterocycles. The summed E-state index contributed by atoms with van der Waals surface area (Å²) in [5, 5.41) is 4.21. The highest BCUT2D eigenvalue weighted by molar-refractivity contribution is 6.33. The number of hydrogen-bond acceptors (Lipinski definition) is 7. The van der Waals surface area contributed by atoms with E-state index in [1.165, 1.54) is 13.3 Å². The zero-order chi connectivity index (χ0) is 24.3. The van der Waals surface area contributed by atoms with E-state index in [2.05, 4.69) is 10.5 Å². The number of methoxy groups -OCH3 is 1. The zero-order valence-electron chi connectivity index (χ0n) is 18.6. The smallest absolute Gasteiger partial charge is 0.345 e. The number of ether oxygens (including phenoxy) is 4. The van der Waals surface area contributed by atoms with Crippen molar-refractivity contribution in [2.45, 2.75) is 6.92 Å². The lowest BCUT2D eigenvalue weighted by molar-refractivity contribution is -0.123. The Morgan fingerprint density at radius 3 is 2.35 bits per heavy atom. The van der Waals surface area contributed by atoms with E-state index < -0.39 is 11.9 Å². The van der Waals surface area contributed by atoms with Gasteiger partial charge < -0.3 is 18.9 Å². The van der Waals surface area contributed by atoms with Gasteiger partial charge in [0.25, 0.3) is 5.91 Å². The normalized spacial score (nSPS) is 10.6. The van der Waals surface area contributed by atoms with Crippen LogP contribution in [0.25, 0.3) is 0 Å². The quantitative estimate of drug-likeness (QED) is 0.198. The van der Waals surface area contributed by atoms with Crippen LogP contribution in [0.15, 0.2) is 71.8 Å². The van der Waals surface area contributed by atoms with Crippen molar-refractivity contribution in [3.63, 3.8) is 0 Å². The standard InChI is InChI=1S/C25H23ClN2O6/c1-3-32-20-10-6-7-11-21(20)33-16-24(29)28-27-15-17-12-13-22(23(14-17)31-2)34-25(30)18-8-4-5-9-19(18)26/h4-15H,3,16H2,1-2H3,(H,28,29)/b27-15+. The van der Waals surface area contributed by atoms with Gasteiger partial charge in [-0.2, -0.15) is 5.10 Å². The number of amides is 1. The Morgan fingerprint density at radius 1 is 0.941 bits per heavy atom. The van der Waals surface area contributed by atoms with Gasteiger partial charge in [-0.3, -0.25) is 4.79 Å². The van der Waals surface area contributed by atoms with Crippen LogP contribution in [-0.4, -0.2) is 38.4 Å². The van der Waals surface area contributed by atoms with Gasteiger partial charge in [-0.05, 0) is 55.0 Å². The topological polar surface area (TPSA) is 95.5 Å². The number of carbonyl (C=O) groups excluding carboxylic acids is 2. The summed E-state index contributed by atoms with van der Waals surface area (Å²) in [6, 6.07) is 18.5. The number of carbonyl (C=O) groups is 2. The van der Waals surface area contributed by atoms with Crippen LogP contribution >= 0.6 is 11.6 Å². The van der Waals surface area contributed by atoms with E-state index in [1.54, 1.807) is 60.7 Å². The molecule has 1 N–H and O–H groups in total. The first-order valence-corrected chi connectivity index (χ1v) is 10.7. The molecule has 1 amide bonds. The van der Waals surface area contributed by atoms with Gasteiger partial charge in [0.2, 0.25) is 0 Å². The van der Waals surface area contributed by atoms with Gasteiger partial charge in [0.15, 0.2) is 29.6 Å². The number of nitrogens with zero attached hydrogens (tertiary/aromatic N) is 1. The first kappa shape index (κ1) is 24.6. The van der Waals surface area contributed by atoms with Crippen LogP contribution in [0.2, 0.25) is 5.02 Å². The summed E-state index contributed by atoms with van der Waals surface area (Å²) in [4.78, 5) is 24.5. The van der Waals surface area contributed by atoms with E-state index >= 15 is 0 Å². The van der Waals surface area contributed by atoms with Gasteiger partial charge in [-0.15, -0.1) is 0 Å². The number of nitrogens with one attached hydrogen (secondary N) is 1. The van der Waals surface area contributed by atoms with Crippen LogP contribution in [0.1, 0.15) is 22.8 Å². The molecule has 0 aromatic heterocycles. The lowest BCUT2D eigenvalue weighted by atomic mass is 10.2. The molecule has 0 fully saturated rings. The molecule has 0 atom stereocenters. The van der Waals surface area contributed by atoms with Crippen molar-refractivity contribution >= 4 is 29.7 Å². The second kappa shape index (κ2) is 12.3. The molecule has 0 bridgehead atoms. The maximum Gasteiger partial charge on any atom is 0.345 e. The second-order valence-corrected chi connectivity index (χ2v) is 7.15. The molecule has 0 spiro atoms. The van der Waals surface area contributed by atoms with Gasteiger partial charge >= 0.3 is 5.97 Å². The molecule has 176 valence electrons. The monoisotopic (exact) mass is 482 g/mol. The van der Waals surface area contributed by atoms with E-state index in [-0.39, 0.29) is 22.9 Å². The molecule has 34 heavy (non-hydrogen) atoms. The number of hydrazone groups is 1. The van der Waals surface area contributed by atoms with Crippen LogP contribution in [0.3, 0.4) is 0 Å². The molecule has 0 aliphatic carbocycles. The number of rotatable bonds is 10. The SMILES string of the molecule is CCOc1ccccc1OCC(=O)N/N=C/c1ccc(OC(=O)c2ccccc2Cl)c(OC)c1. The summed E-state index contributed by atoms with van der Waals surface area (Å²) < 4.78 is 21.7. The molecule has 3 aromatic carbocycles. The molecule has 0 saturated carbocycles. The average Bonchev–Trinajstić information content (AvgIpc) is 2.84. The fourth-order valence-corrected chi connectivity index (χ4v) is 3.04. The van der Waals surface area contributed by atoms with Crippen molar-refractivity contribution in [2.24, 2.45) is 5.10 Å². The summed E-state index contributed by atoms with van der Waals surface area (Å²) in [7, 11) is 1.45. The van der Waals surface area contributed by atoms with Crippen molar-refractivity contribution in [3.05, 3.63) is 82.9 Å². The van der Waals surface area contributed by atoms with Gasteiger partial charge in [-0.1, -0.05) is 35.9 Å². The third-order valence-electron chi connectivity index (χ3n) is 4.39.